The Kier molecular flexibility index (Phi) is 7.96. The third-order valence-electron chi connectivity index (χ3n) is 7.49. The standard InChI is InChI=1S/C32H30FNO6/c1-3-39-31(36)21-11-9-20(10-12-21)24-16-25(27(38-2)17-26(24)33)30(35)34-29-23-14-13-22(15-23)28(29)32(37)40-18-19-7-5-4-6-8-19/h4-14,16-17,22-23,28-29H,3,15,18H2,1-2H3,(H,34,35)/t22-,23+,28?,29-/m1/s1. The zero-order valence-corrected chi connectivity index (χ0v) is 22.3. The number of halogens is 1. The van der Waals surface area contributed by atoms with E-state index < -0.39 is 29.7 Å². The maximum absolute atomic E-state index is 15.1. The molecule has 3 aromatic carbocycles. The minimum Gasteiger partial charge on any atom is -0.496 e. The Labute approximate surface area is 231 Å². The lowest BCUT2D eigenvalue weighted by atomic mass is 9.88. The van der Waals surface area contributed by atoms with E-state index in [1.807, 2.05) is 42.5 Å². The molecule has 1 unspecified atom stereocenters. The van der Waals surface area contributed by atoms with Crippen molar-refractivity contribution < 1.29 is 33.0 Å². The van der Waals surface area contributed by atoms with Crippen molar-refractivity contribution in [3.05, 3.63) is 101 Å². The normalized spacial score (nSPS) is 20.7. The van der Waals surface area contributed by atoms with E-state index >= 15 is 4.39 Å². The second-order valence-corrected chi connectivity index (χ2v) is 9.90. The zero-order valence-electron chi connectivity index (χ0n) is 22.3. The molecule has 0 heterocycles. The summed E-state index contributed by atoms with van der Waals surface area (Å²) in [5, 5.41) is 3.01. The second-order valence-electron chi connectivity index (χ2n) is 9.90. The van der Waals surface area contributed by atoms with Crippen molar-refractivity contribution in [2.45, 2.75) is 26.0 Å². The molecule has 1 amide bonds. The third kappa shape index (κ3) is 5.47. The fourth-order valence-electron chi connectivity index (χ4n) is 5.52. The number of methoxy groups -OCH3 is 1. The predicted octanol–water partition coefficient (Wildman–Crippen LogP) is 5.34. The molecule has 5 rings (SSSR count). The fraction of sp³-hybridized carbons (Fsp3) is 0.281. The molecule has 2 bridgehead atoms. The van der Waals surface area contributed by atoms with Gasteiger partial charge in [-0.3, -0.25) is 9.59 Å². The minimum absolute atomic E-state index is 0.00967. The van der Waals surface area contributed by atoms with Gasteiger partial charge in [0.15, 0.2) is 0 Å². The first-order valence-electron chi connectivity index (χ1n) is 13.2. The molecule has 0 radical (unpaired) electrons. The van der Waals surface area contributed by atoms with Crippen molar-refractivity contribution in [1.29, 1.82) is 0 Å². The monoisotopic (exact) mass is 543 g/mol. The highest BCUT2D eigenvalue weighted by atomic mass is 19.1. The van der Waals surface area contributed by atoms with Crippen LogP contribution in [0.4, 0.5) is 4.39 Å². The highest BCUT2D eigenvalue weighted by molar-refractivity contribution is 5.99. The molecule has 7 nitrogen and oxygen atoms in total. The molecule has 0 saturated heterocycles. The molecule has 2 aliphatic carbocycles. The first kappa shape index (κ1) is 27.1. The maximum Gasteiger partial charge on any atom is 0.338 e. The maximum atomic E-state index is 15.1. The molecule has 40 heavy (non-hydrogen) atoms. The largest absolute Gasteiger partial charge is 0.496 e. The summed E-state index contributed by atoms with van der Waals surface area (Å²) in [5.74, 6) is -2.38. The van der Waals surface area contributed by atoms with E-state index in [2.05, 4.69) is 5.32 Å². The Morgan fingerprint density at radius 2 is 1.68 bits per heavy atom. The van der Waals surface area contributed by atoms with Crippen LogP contribution in [0, 0.1) is 23.6 Å². The summed E-state index contributed by atoms with van der Waals surface area (Å²) in [6, 6.07) is 17.8. The number of rotatable bonds is 9. The molecule has 3 aromatic rings. The van der Waals surface area contributed by atoms with Gasteiger partial charge < -0.3 is 19.5 Å². The number of nitrogens with one attached hydrogen (secondary N) is 1. The van der Waals surface area contributed by atoms with Crippen LogP contribution in [-0.4, -0.2) is 37.6 Å². The Morgan fingerprint density at radius 3 is 2.38 bits per heavy atom. The number of ether oxygens (including phenoxy) is 3. The summed E-state index contributed by atoms with van der Waals surface area (Å²) in [4.78, 5) is 38.7. The summed E-state index contributed by atoms with van der Waals surface area (Å²) >= 11 is 0. The van der Waals surface area contributed by atoms with Crippen molar-refractivity contribution in [2.75, 3.05) is 13.7 Å². The number of fused-ring (bicyclic) bond motifs is 2. The van der Waals surface area contributed by atoms with E-state index in [1.165, 1.54) is 13.2 Å². The van der Waals surface area contributed by atoms with Gasteiger partial charge in [-0.2, -0.15) is 0 Å². The third-order valence-corrected chi connectivity index (χ3v) is 7.49. The molecule has 0 aliphatic heterocycles. The van der Waals surface area contributed by atoms with Crippen molar-refractivity contribution in [3.63, 3.8) is 0 Å². The van der Waals surface area contributed by atoms with Crippen LogP contribution in [0.15, 0.2) is 78.9 Å². The van der Waals surface area contributed by atoms with Crippen LogP contribution in [0.1, 0.15) is 39.6 Å². The van der Waals surface area contributed by atoms with Crippen LogP contribution in [0.5, 0.6) is 5.75 Å². The molecule has 0 spiro atoms. The number of hydrogen-bond acceptors (Lipinski definition) is 6. The summed E-state index contributed by atoms with van der Waals surface area (Å²) in [7, 11) is 1.36. The summed E-state index contributed by atoms with van der Waals surface area (Å²) in [6.07, 6.45) is 4.78. The minimum atomic E-state index is -0.581. The zero-order chi connectivity index (χ0) is 28.2. The van der Waals surface area contributed by atoms with Crippen LogP contribution in [0.3, 0.4) is 0 Å². The Morgan fingerprint density at radius 1 is 0.950 bits per heavy atom. The Bertz CT molecular complexity index is 1440. The van der Waals surface area contributed by atoms with Crippen LogP contribution in [0.2, 0.25) is 0 Å². The van der Waals surface area contributed by atoms with Gasteiger partial charge in [0.1, 0.15) is 18.2 Å². The van der Waals surface area contributed by atoms with E-state index in [4.69, 9.17) is 14.2 Å². The van der Waals surface area contributed by atoms with Crippen molar-refractivity contribution >= 4 is 17.8 Å². The SMILES string of the molecule is CCOC(=O)c1ccc(-c2cc(C(=O)N[C@H]3C(C(=O)OCc4ccccc4)[C@@H]4C=C[C@H]3C4)c(OC)cc2F)cc1. The molecular formula is C32H30FNO6. The number of benzene rings is 3. The van der Waals surface area contributed by atoms with E-state index in [-0.39, 0.29) is 47.9 Å². The van der Waals surface area contributed by atoms with Gasteiger partial charge >= 0.3 is 11.9 Å². The number of carbonyl (C=O) groups is 3. The Balaban J connectivity index is 1.36. The number of hydrogen-bond donors (Lipinski definition) is 1. The summed E-state index contributed by atoms with van der Waals surface area (Å²) in [5.41, 5.74) is 2.01. The van der Waals surface area contributed by atoms with Gasteiger partial charge in [0, 0.05) is 17.7 Å². The van der Waals surface area contributed by atoms with Gasteiger partial charge in [-0.15, -0.1) is 0 Å². The van der Waals surface area contributed by atoms with Gasteiger partial charge in [-0.05, 0) is 54.5 Å². The van der Waals surface area contributed by atoms with Gasteiger partial charge in [-0.25, -0.2) is 9.18 Å². The number of allylic oxidation sites excluding steroid dienone is 1. The Hall–Kier alpha value is -4.46. The molecule has 8 heteroatoms. The van der Waals surface area contributed by atoms with Crippen LogP contribution < -0.4 is 10.1 Å². The van der Waals surface area contributed by atoms with Crippen LogP contribution in [-0.2, 0) is 20.9 Å². The van der Waals surface area contributed by atoms with Crippen molar-refractivity contribution in [3.8, 4) is 16.9 Å². The quantitative estimate of drug-likeness (QED) is 0.289. The van der Waals surface area contributed by atoms with Crippen LogP contribution in [0.25, 0.3) is 11.1 Å². The highest BCUT2D eigenvalue weighted by Crippen LogP contribution is 2.44. The van der Waals surface area contributed by atoms with Gasteiger partial charge in [0.25, 0.3) is 5.91 Å². The lowest BCUT2D eigenvalue weighted by Crippen LogP contribution is -2.46. The summed E-state index contributed by atoms with van der Waals surface area (Å²) in [6.45, 7) is 2.12. The van der Waals surface area contributed by atoms with E-state index in [9.17, 15) is 14.4 Å². The fourth-order valence-corrected chi connectivity index (χ4v) is 5.52. The topological polar surface area (TPSA) is 90.9 Å². The molecule has 1 N–H and O–H groups in total. The number of carbonyl (C=O) groups excluding carboxylic acids is 3. The lowest BCUT2D eigenvalue weighted by Gasteiger charge is -2.27. The average molecular weight is 544 g/mol. The molecule has 1 fully saturated rings. The van der Waals surface area contributed by atoms with E-state index in [0.29, 0.717) is 11.1 Å². The predicted molar refractivity (Wildman–Crippen MR) is 146 cm³/mol. The van der Waals surface area contributed by atoms with Gasteiger partial charge in [0.05, 0.1) is 30.8 Å². The number of esters is 2. The van der Waals surface area contributed by atoms with E-state index in [0.717, 1.165) is 18.1 Å². The first-order chi connectivity index (χ1) is 19.4. The summed E-state index contributed by atoms with van der Waals surface area (Å²) < 4.78 is 31.1. The molecule has 2 aliphatic rings. The highest BCUT2D eigenvalue weighted by Gasteiger charge is 2.49. The van der Waals surface area contributed by atoms with Crippen LogP contribution >= 0.6 is 0 Å². The number of amides is 1. The lowest BCUT2D eigenvalue weighted by molar-refractivity contribution is -0.151. The molecule has 4 atom stereocenters. The van der Waals surface area contributed by atoms with Crippen molar-refractivity contribution in [1.82, 2.24) is 5.32 Å². The smallest absolute Gasteiger partial charge is 0.338 e. The van der Waals surface area contributed by atoms with Gasteiger partial charge in [-0.1, -0.05) is 54.6 Å². The average Bonchev–Trinajstić information content (AvgIpc) is 3.58. The van der Waals surface area contributed by atoms with E-state index in [1.54, 1.807) is 31.2 Å². The molecule has 1 saturated carbocycles. The van der Waals surface area contributed by atoms with Gasteiger partial charge in [0.2, 0.25) is 0 Å². The molecule has 206 valence electrons. The van der Waals surface area contributed by atoms with Crippen molar-refractivity contribution in [2.24, 2.45) is 17.8 Å². The molecular weight excluding hydrogens is 513 g/mol. The molecule has 0 aromatic heterocycles. The first-order valence-corrected chi connectivity index (χ1v) is 13.2. The second kappa shape index (κ2) is 11.7.